The minimum Gasteiger partial charge on any atom is -0.399 e. The summed E-state index contributed by atoms with van der Waals surface area (Å²) < 4.78 is 0. The van der Waals surface area contributed by atoms with Gasteiger partial charge in [0.15, 0.2) is 0 Å². The van der Waals surface area contributed by atoms with E-state index in [-0.39, 0.29) is 26.7 Å². The van der Waals surface area contributed by atoms with Crippen molar-refractivity contribution in [2.24, 2.45) is 0 Å². The van der Waals surface area contributed by atoms with Gasteiger partial charge in [0.05, 0.1) is 11.4 Å². The molecule has 0 aliphatic heterocycles. The van der Waals surface area contributed by atoms with Gasteiger partial charge in [-0.2, -0.15) is 19.3 Å². The molecule has 0 aliphatic carbocycles. The fourth-order valence-corrected chi connectivity index (χ4v) is 3.12. The van der Waals surface area contributed by atoms with E-state index in [9.17, 15) is 0 Å². The number of hydrogen-bond acceptors (Lipinski definition) is 3. The number of hydrogen-bond donors (Lipinski definition) is 1. The maximum absolute atomic E-state index is 8.32. The van der Waals surface area contributed by atoms with Crippen LogP contribution in [0.1, 0.15) is 25.7 Å². The van der Waals surface area contributed by atoms with Crippen LogP contribution in [0.2, 0.25) is 0 Å². The van der Waals surface area contributed by atoms with Crippen LogP contribution < -0.4 is 0 Å². The second-order valence-electron chi connectivity index (χ2n) is 6.86. The molecule has 0 saturated carbocycles. The van der Waals surface area contributed by atoms with Gasteiger partial charge in [-0.15, -0.1) is 42.3 Å². The first kappa shape index (κ1) is 24.9. The van der Waals surface area contributed by atoms with Crippen LogP contribution >= 0.6 is 0 Å². The second-order valence-corrected chi connectivity index (χ2v) is 6.86. The fourth-order valence-electron chi connectivity index (χ4n) is 3.12. The Kier molecular flexibility index (Phi) is 11.1. The molecular formula is C27H27IrN2O. The second kappa shape index (κ2) is 13.8. The van der Waals surface area contributed by atoms with Crippen LogP contribution in [-0.4, -0.2) is 21.7 Å². The van der Waals surface area contributed by atoms with Gasteiger partial charge in [0, 0.05) is 18.2 Å². The van der Waals surface area contributed by atoms with E-state index in [1.54, 1.807) is 0 Å². The number of pyridine rings is 2. The van der Waals surface area contributed by atoms with Crippen molar-refractivity contribution in [1.29, 1.82) is 0 Å². The monoisotopic (exact) mass is 588 g/mol. The predicted molar refractivity (Wildman–Crippen MR) is 124 cm³/mol. The quantitative estimate of drug-likeness (QED) is 0.203. The number of fused-ring (bicyclic) bond motifs is 1. The summed E-state index contributed by atoms with van der Waals surface area (Å²) in [7, 11) is 0. The van der Waals surface area contributed by atoms with E-state index in [4.69, 9.17) is 10.1 Å². The molecule has 0 amide bonds. The molecule has 2 aromatic heterocycles. The van der Waals surface area contributed by atoms with Crippen LogP contribution in [0.25, 0.3) is 33.4 Å². The molecule has 4 rings (SSSR count). The van der Waals surface area contributed by atoms with E-state index >= 15 is 0 Å². The summed E-state index contributed by atoms with van der Waals surface area (Å²) in [6.45, 7) is 3.99. The Labute approximate surface area is 198 Å². The molecule has 0 fully saturated rings. The van der Waals surface area contributed by atoms with E-state index in [2.05, 4.69) is 36.5 Å². The first-order valence-electron chi connectivity index (χ1n) is 10.3. The molecule has 0 bridgehead atoms. The van der Waals surface area contributed by atoms with Crippen molar-refractivity contribution >= 4 is 10.8 Å². The maximum Gasteiger partial charge on any atom is 3.00 e. The number of aliphatic hydroxyl groups excluding tert-OH is 1. The van der Waals surface area contributed by atoms with E-state index < -0.39 is 0 Å². The maximum atomic E-state index is 8.32. The van der Waals surface area contributed by atoms with Crippen LogP contribution in [0.5, 0.6) is 0 Å². The van der Waals surface area contributed by atoms with Crippen LogP contribution in [0, 0.1) is 19.4 Å². The largest absolute Gasteiger partial charge is 3.00 e. The van der Waals surface area contributed by atoms with Crippen molar-refractivity contribution in [3.63, 3.8) is 0 Å². The standard InChI is InChI=1S/C20H13N2.C7H14O.Ir/c1-2-8-16(9-3-1)18-11-6-12-19(22-18)20-17-10-5-4-7-15(17)13-14-21-20;1-2-3-4-5-6-7-8;/h1-8,10-14H;5,8H,1-4,6-7H2;/q-1;-2;+3. The molecular weight excluding hydrogens is 561 g/mol. The van der Waals surface area contributed by atoms with Gasteiger partial charge in [-0.25, -0.2) is 0 Å². The Hall–Kier alpha value is -2.39. The molecule has 0 unspecified atom stereocenters. The molecule has 0 radical (unpaired) electrons. The number of unbranched alkanes of at least 4 members (excludes halogenated alkanes) is 4. The summed E-state index contributed by atoms with van der Waals surface area (Å²) in [5, 5.41) is 10.6. The van der Waals surface area contributed by atoms with Gasteiger partial charge < -0.3 is 18.5 Å². The third-order valence-corrected chi connectivity index (χ3v) is 4.64. The predicted octanol–water partition coefficient (Wildman–Crippen LogP) is 6.34. The smallest absolute Gasteiger partial charge is 0.399 e. The van der Waals surface area contributed by atoms with Crippen molar-refractivity contribution < 1.29 is 25.2 Å². The normalized spacial score (nSPS) is 10.1. The van der Waals surface area contributed by atoms with Crippen molar-refractivity contribution in [2.45, 2.75) is 25.7 Å². The molecule has 160 valence electrons. The molecule has 1 N–H and O–H groups in total. The third-order valence-electron chi connectivity index (χ3n) is 4.64. The third kappa shape index (κ3) is 7.36. The number of nitrogens with zero attached hydrogens (tertiary/aromatic N) is 2. The van der Waals surface area contributed by atoms with Crippen molar-refractivity contribution in [3.8, 4) is 22.6 Å². The van der Waals surface area contributed by atoms with Gasteiger partial charge in [0.25, 0.3) is 0 Å². The van der Waals surface area contributed by atoms with Crippen LogP contribution in [-0.2, 0) is 20.1 Å². The van der Waals surface area contributed by atoms with Crippen LogP contribution in [0.4, 0.5) is 0 Å². The van der Waals surface area contributed by atoms with Crippen LogP contribution in [0.3, 0.4) is 0 Å². The summed E-state index contributed by atoms with van der Waals surface area (Å²) in [6.07, 6.45) is 8.03. The Morgan fingerprint density at radius 1 is 0.903 bits per heavy atom. The Morgan fingerprint density at radius 3 is 2.48 bits per heavy atom. The van der Waals surface area contributed by atoms with E-state index in [0.29, 0.717) is 0 Å². The molecule has 0 atom stereocenters. The van der Waals surface area contributed by atoms with Crippen molar-refractivity contribution in [2.75, 3.05) is 6.61 Å². The Balaban J connectivity index is 0.000000329. The van der Waals surface area contributed by atoms with Crippen LogP contribution in [0.15, 0.2) is 79.0 Å². The average Bonchev–Trinajstić information content (AvgIpc) is 2.83. The van der Waals surface area contributed by atoms with Crippen molar-refractivity contribution in [3.05, 3.63) is 98.4 Å². The summed E-state index contributed by atoms with van der Waals surface area (Å²) in [6, 6.07) is 27.4. The summed E-state index contributed by atoms with van der Waals surface area (Å²) >= 11 is 0. The zero-order valence-corrected chi connectivity index (χ0v) is 19.9. The van der Waals surface area contributed by atoms with Gasteiger partial charge in [-0.3, -0.25) is 9.97 Å². The zero-order chi connectivity index (χ0) is 21.0. The Morgan fingerprint density at radius 2 is 1.71 bits per heavy atom. The molecule has 4 heteroatoms. The van der Waals surface area contributed by atoms with Gasteiger partial charge in [0.2, 0.25) is 0 Å². The van der Waals surface area contributed by atoms with Crippen molar-refractivity contribution in [1.82, 2.24) is 9.97 Å². The SMILES string of the molecule is [CH2-]CCC[CH-]CCO.[Ir+3].[c-]1ccccc1-c1cccc(-c2nccc3ccccc23)n1. The topological polar surface area (TPSA) is 46.0 Å². The van der Waals surface area contributed by atoms with Gasteiger partial charge in [-0.1, -0.05) is 36.4 Å². The van der Waals surface area contributed by atoms with Gasteiger partial charge in [-0.05, 0) is 23.2 Å². The number of rotatable bonds is 7. The number of aromatic nitrogens is 2. The summed E-state index contributed by atoms with van der Waals surface area (Å²) in [4.78, 5) is 9.31. The molecule has 4 aromatic rings. The zero-order valence-electron chi connectivity index (χ0n) is 17.5. The minimum absolute atomic E-state index is 0. The average molecular weight is 588 g/mol. The van der Waals surface area contributed by atoms with E-state index in [0.717, 1.165) is 53.7 Å². The number of benzene rings is 2. The molecule has 0 saturated heterocycles. The van der Waals surface area contributed by atoms with Gasteiger partial charge in [0.1, 0.15) is 0 Å². The first-order valence-corrected chi connectivity index (χ1v) is 10.3. The van der Waals surface area contributed by atoms with E-state index in [1.165, 1.54) is 5.39 Å². The van der Waals surface area contributed by atoms with E-state index in [1.807, 2.05) is 66.9 Å². The molecule has 0 spiro atoms. The fraction of sp³-hybridized carbons (Fsp3) is 0.185. The van der Waals surface area contributed by atoms with Gasteiger partial charge >= 0.3 is 20.1 Å². The molecule has 3 nitrogen and oxygen atoms in total. The molecule has 31 heavy (non-hydrogen) atoms. The molecule has 2 aromatic carbocycles. The summed E-state index contributed by atoms with van der Waals surface area (Å²) in [5.74, 6) is 0. The summed E-state index contributed by atoms with van der Waals surface area (Å²) in [5.41, 5.74) is 3.69. The number of aliphatic hydroxyl groups is 1. The molecule has 0 aliphatic rings. The minimum atomic E-state index is 0. The molecule has 2 heterocycles. The first-order chi connectivity index (χ1) is 14.8. The Bertz CT molecular complexity index is 1030.